The van der Waals surface area contributed by atoms with Crippen LogP contribution in [0, 0.1) is 0 Å². The molecule has 3 rings (SSSR count). The summed E-state index contributed by atoms with van der Waals surface area (Å²) in [5, 5.41) is 16.0. The standard InChI is InChI=1S/C20H25N3O2/c1-23(20(25)21-10-9-15-5-3-2-4-6-15)14-18-11-16-7-8-19(24)12-17(16)13-22-18/h2-8,12,18,22,24H,9-11,13-14H2,1H3,(H,21,25). The maximum absolute atomic E-state index is 12.3. The molecule has 1 unspecified atom stereocenters. The van der Waals surface area contributed by atoms with Gasteiger partial charge in [0.1, 0.15) is 5.75 Å². The highest BCUT2D eigenvalue weighted by atomic mass is 16.3. The van der Waals surface area contributed by atoms with Crippen molar-refractivity contribution in [3.8, 4) is 5.75 Å². The Balaban J connectivity index is 1.45. The predicted octanol–water partition coefficient (Wildman–Crippen LogP) is 2.29. The minimum Gasteiger partial charge on any atom is -0.508 e. The Morgan fingerprint density at radius 3 is 2.84 bits per heavy atom. The minimum absolute atomic E-state index is 0.0470. The topological polar surface area (TPSA) is 64.6 Å². The molecule has 0 fully saturated rings. The van der Waals surface area contributed by atoms with Crippen molar-refractivity contribution in [2.45, 2.75) is 25.4 Å². The van der Waals surface area contributed by atoms with E-state index >= 15 is 0 Å². The number of nitrogens with one attached hydrogen (secondary N) is 2. The molecule has 1 aliphatic heterocycles. The third kappa shape index (κ3) is 4.73. The number of phenolic OH excluding ortho intramolecular Hbond substituents is 1. The molecular weight excluding hydrogens is 314 g/mol. The highest BCUT2D eigenvalue weighted by molar-refractivity contribution is 5.73. The molecule has 0 saturated carbocycles. The van der Waals surface area contributed by atoms with Gasteiger partial charge in [-0.2, -0.15) is 0 Å². The third-order valence-electron chi connectivity index (χ3n) is 4.61. The first kappa shape index (κ1) is 17.3. The number of rotatable bonds is 5. The molecule has 2 aromatic rings. The van der Waals surface area contributed by atoms with E-state index in [0.29, 0.717) is 18.8 Å². The van der Waals surface area contributed by atoms with E-state index in [0.717, 1.165) is 24.9 Å². The number of urea groups is 1. The van der Waals surface area contributed by atoms with E-state index in [1.165, 1.54) is 11.1 Å². The maximum Gasteiger partial charge on any atom is 0.317 e. The summed E-state index contributed by atoms with van der Waals surface area (Å²) in [5.41, 5.74) is 3.59. The third-order valence-corrected chi connectivity index (χ3v) is 4.61. The molecule has 0 radical (unpaired) electrons. The molecule has 1 atom stereocenters. The minimum atomic E-state index is -0.0470. The Morgan fingerprint density at radius 2 is 2.04 bits per heavy atom. The summed E-state index contributed by atoms with van der Waals surface area (Å²) < 4.78 is 0. The summed E-state index contributed by atoms with van der Waals surface area (Å²) >= 11 is 0. The first-order chi connectivity index (χ1) is 12.1. The number of fused-ring (bicyclic) bond motifs is 1. The largest absolute Gasteiger partial charge is 0.508 e. The zero-order chi connectivity index (χ0) is 17.6. The highest BCUT2D eigenvalue weighted by Gasteiger charge is 2.21. The van der Waals surface area contributed by atoms with E-state index in [9.17, 15) is 9.90 Å². The maximum atomic E-state index is 12.3. The molecule has 0 spiro atoms. The van der Waals surface area contributed by atoms with Crippen molar-refractivity contribution in [3.05, 3.63) is 65.2 Å². The van der Waals surface area contributed by atoms with Crippen LogP contribution in [0.1, 0.15) is 16.7 Å². The average molecular weight is 339 g/mol. The number of aromatic hydroxyl groups is 1. The van der Waals surface area contributed by atoms with E-state index in [-0.39, 0.29) is 12.1 Å². The Morgan fingerprint density at radius 1 is 1.24 bits per heavy atom. The van der Waals surface area contributed by atoms with Crippen LogP contribution in [-0.4, -0.2) is 42.2 Å². The second-order valence-corrected chi connectivity index (χ2v) is 6.58. The smallest absolute Gasteiger partial charge is 0.317 e. The van der Waals surface area contributed by atoms with E-state index < -0.39 is 0 Å². The monoisotopic (exact) mass is 339 g/mol. The molecule has 2 aromatic carbocycles. The van der Waals surface area contributed by atoms with Gasteiger partial charge in [0.2, 0.25) is 0 Å². The second-order valence-electron chi connectivity index (χ2n) is 6.58. The first-order valence-corrected chi connectivity index (χ1v) is 8.69. The molecule has 5 nitrogen and oxygen atoms in total. The van der Waals surface area contributed by atoms with Gasteiger partial charge in [-0.1, -0.05) is 36.4 Å². The lowest BCUT2D eigenvalue weighted by atomic mass is 9.95. The Labute approximate surface area is 148 Å². The lowest BCUT2D eigenvalue weighted by Crippen LogP contribution is -2.48. The van der Waals surface area contributed by atoms with Gasteiger partial charge < -0.3 is 20.6 Å². The number of hydrogen-bond acceptors (Lipinski definition) is 3. The van der Waals surface area contributed by atoms with Crippen molar-refractivity contribution in [3.63, 3.8) is 0 Å². The van der Waals surface area contributed by atoms with Gasteiger partial charge in [0.15, 0.2) is 0 Å². The lowest BCUT2D eigenvalue weighted by molar-refractivity contribution is 0.202. The number of carbonyl (C=O) groups is 1. The zero-order valence-electron chi connectivity index (χ0n) is 14.5. The van der Waals surface area contributed by atoms with Crippen molar-refractivity contribution in [2.75, 3.05) is 20.1 Å². The number of carbonyl (C=O) groups excluding carboxylic acids is 1. The fourth-order valence-corrected chi connectivity index (χ4v) is 3.20. The Bertz CT molecular complexity index is 718. The number of benzene rings is 2. The number of likely N-dealkylation sites (N-methyl/N-ethyl adjacent to an activating group) is 1. The van der Waals surface area contributed by atoms with Crippen LogP contribution in [-0.2, 0) is 19.4 Å². The molecule has 1 heterocycles. The molecule has 3 N–H and O–H groups in total. The van der Waals surface area contributed by atoms with Gasteiger partial charge >= 0.3 is 6.03 Å². The van der Waals surface area contributed by atoms with Gasteiger partial charge in [0, 0.05) is 32.7 Å². The normalized spacial score (nSPS) is 16.1. The van der Waals surface area contributed by atoms with Crippen LogP contribution in [0.3, 0.4) is 0 Å². The average Bonchev–Trinajstić information content (AvgIpc) is 2.62. The Kier molecular flexibility index (Phi) is 5.56. The van der Waals surface area contributed by atoms with Gasteiger partial charge in [-0.3, -0.25) is 0 Å². The van der Waals surface area contributed by atoms with Gasteiger partial charge in [-0.05, 0) is 41.7 Å². The van der Waals surface area contributed by atoms with Crippen LogP contribution in [0.15, 0.2) is 48.5 Å². The van der Waals surface area contributed by atoms with E-state index in [1.807, 2.05) is 31.3 Å². The van der Waals surface area contributed by atoms with E-state index in [1.54, 1.807) is 17.0 Å². The van der Waals surface area contributed by atoms with Crippen molar-refractivity contribution in [2.24, 2.45) is 0 Å². The summed E-state index contributed by atoms with van der Waals surface area (Å²) in [5.74, 6) is 0.300. The summed E-state index contributed by atoms with van der Waals surface area (Å²) in [6.07, 6.45) is 1.69. The van der Waals surface area contributed by atoms with E-state index in [2.05, 4.69) is 22.8 Å². The molecular formula is C20H25N3O2. The van der Waals surface area contributed by atoms with Crippen LogP contribution in [0.25, 0.3) is 0 Å². The van der Waals surface area contributed by atoms with Crippen LogP contribution in [0.4, 0.5) is 4.79 Å². The molecule has 132 valence electrons. The fourth-order valence-electron chi connectivity index (χ4n) is 3.20. The summed E-state index contributed by atoms with van der Waals surface area (Å²) in [6.45, 7) is 2.00. The van der Waals surface area contributed by atoms with Crippen molar-refractivity contribution in [1.82, 2.24) is 15.5 Å². The van der Waals surface area contributed by atoms with Gasteiger partial charge in [-0.25, -0.2) is 4.79 Å². The van der Waals surface area contributed by atoms with Crippen molar-refractivity contribution >= 4 is 6.03 Å². The number of nitrogens with zero attached hydrogens (tertiary/aromatic N) is 1. The lowest BCUT2D eigenvalue weighted by Gasteiger charge is -2.30. The summed E-state index contributed by atoms with van der Waals surface area (Å²) in [7, 11) is 1.83. The van der Waals surface area contributed by atoms with Crippen molar-refractivity contribution < 1.29 is 9.90 Å². The molecule has 0 saturated heterocycles. The molecule has 0 bridgehead atoms. The van der Waals surface area contributed by atoms with Gasteiger partial charge in [0.25, 0.3) is 0 Å². The summed E-state index contributed by atoms with van der Waals surface area (Å²) in [4.78, 5) is 14.0. The van der Waals surface area contributed by atoms with E-state index in [4.69, 9.17) is 0 Å². The number of hydrogen-bond donors (Lipinski definition) is 3. The van der Waals surface area contributed by atoms with Crippen LogP contribution in [0.5, 0.6) is 5.75 Å². The van der Waals surface area contributed by atoms with Gasteiger partial charge in [0.05, 0.1) is 0 Å². The highest BCUT2D eigenvalue weighted by Crippen LogP contribution is 2.21. The molecule has 5 heteroatoms. The summed E-state index contributed by atoms with van der Waals surface area (Å²) in [6, 6.07) is 15.8. The van der Waals surface area contributed by atoms with Crippen molar-refractivity contribution in [1.29, 1.82) is 0 Å². The molecule has 2 amide bonds. The zero-order valence-corrected chi connectivity index (χ0v) is 14.5. The number of amides is 2. The molecule has 25 heavy (non-hydrogen) atoms. The van der Waals surface area contributed by atoms with Crippen LogP contribution >= 0.6 is 0 Å². The SMILES string of the molecule is CN(CC1Cc2ccc(O)cc2CN1)C(=O)NCCc1ccccc1. The second kappa shape index (κ2) is 8.03. The fraction of sp³-hybridized carbons (Fsp3) is 0.350. The number of phenols is 1. The molecule has 0 aliphatic carbocycles. The predicted molar refractivity (Wildman–Crippen MR) is 98.6 cm³/mol. The van der Waals surface area contributed by atoms with Crippen LogP contribution < -0.4 is 10.6 Å². The molecule has 1 aliphatic rings. The first-order valence-electron chi connectivity index (χ1n) is 8.69. The quantitative estimate of drug-likeness (QED) is 0.783. The van der Waals surface area contributed by atoms with Crippen LogP contribution in [0.2, 0.25) is 0 Å². The Hall–Kier alpha value is -2.53. The molecule has 0 aromatic heterocycles. The van der Waals surface area contributed by atoms with Gasteiger partial charge in [-0.15, -0.1) is 0 Å².